The quantitative estimate of drug-likeness (QED) is 0.292. The van der Waals surface area contributed by atoms with Gasteiger partial charge in [-0.05, 0) is 92.3 Å². The van der Waals surface area contributed by atoms with E-state index in [1.165, 1.54) is 38.5 Å². The first-order valence-corrected chi connectivity index (χ1v) is 14.2. The first-order valence-electron chi connectivity index (χ1n) is 14.2. The van der Waals surface area contributed by atoms with Gasteiger partial charge in [0, 0.05) is 24.7 Å². The average Bonchev–Trinajstić information content (AvgIpc) is 3.11. The van der Waals surface area contributed by atoms with Crippen molar-refractivity contribution in [3.63, 3.8) is 0 Å². The number of esters is 1. The number of ether oxygens (including phenoxy) is 1. The fraction of sp³-hybridized carbons (Fsp3) is 0.871. The number of allylic oxidation sites excluding steroid dienone is 2. The van der Waals surface area contributed by atoms with Crippen LogP contribution < -0.4 is 0 Å². The molecule has 3 nitrogen and oxygen atoms in total. The molecule has 2 saturated carbocycles. The zero-order valence-electron chi connectivity index (χ0n) is 23.3. The van der Waals surface area contributed by atoms with Crippen LogP contribution in [0.4, 0.5) is 0 Å². The minimum absolute atomic E-state index is 0.0215. The highest BCUT2D eigenvalue weighted by molar-refractivity contribution is 5.80. The summed E-state index contributed by atoms with van der Waals surface area (Å²) in [7, 11) is 0. The van der Waals surface area contributed by atoms with Crippen molar-refractivity contribution in [3.05, 3.63) is 11.1 Å². The minimum atomic E-state index is -0.132. The van der Waals surface area contributed by atoms with E-state index < -0.39 is 0 Å². The molecule has 0 aromatic carbocycles. The molecule has 0 saturated heterocycles. The van der Waals surface area contributed by atoms with E-state index in [4.69, 9.17) is 4.74 Å². The molecule has 7 atom stereocenters. The molecule has 0 radical (unpaired) electrons. The van der Waals surface area contributed by atoms with Crippen molar-refractivity contribution < 1.29 is 14.3 Å². The van der Waals surface area contributed by atoms with Crippen LogP contribution in [-0.4, -0.2) is 17.9 Å². The summed E-state index contributed by atoms with van der Waals surface area (Å²) >= 11 is 0. The molecule has 0 unspecified atom stereocenters. The van der Waals surface area contributed by atoms with E-state index in [2.05, 4.69) is 34.6 Å². The van der Waals surface area contributed by atoms with Crippen LogP contribution in [0.25, 0.3) is 0 Å². The van der Waals surface area contributed by atoms with Crippen molar-refractivity contribution in [3.8, 4) is 0 Å². The van der Waals surface area contributed by atoms with Crippen LogP contribution in [0.3, 0.4) is 0 Å². The summed E-state index contributed by atoms with van der Waals surface area (Å²) in [4.78, 5) is 24.1. The molecule has 0 amide bonds. The highest BCUT2D eigenvalue weighted by atomic mass is 16.5. The van der Waals surface area contributed by atoms with Crippen LogP contribution in [-0.2, 0) is 14.3 Å². The van der Waals surface area contributed by atoms with E-state index in [9.17, 15) is 9.59 Å². The lowest BCUT2D eigenvalue weighted by molar-refractivity contribution is -0.167. The predicted octanol–water partition coefficient (Wildman–Crippen LogP) is 7.92. The first-order chi connectivity index (χ1) is 15.8. The topological polar surface area (TPSA) is 43.4 Å². The number of carbonyl (C=O) groups is 2. The smallest absolute Gasteiger partial charge is 0.302 e. The SMILES string of the molecule is CC(=O)O[C@@H]1CC[C@]2(C)C3=C(CC[C@@H]2C1(C)C)[C@@H]1CC[C@H]([C@H](C)CCC(=O)C(C)C)[C@@]1(C)CC3. The summed E-state index contributed by atoms with van der Waals surface area (Å²) in [5.74, 6) is 3.15. The Balaban J connectivity index is 1.56. The molecule has 0 bridgehead atoms. The molecule has 0 heterocycles. The minimum Gasteiger partial charge on any atom is -0.462 e. The monoisotopic (exact) mass is 470 g/mol. The number of ketones is 1. The Kier molecular flexibility index (Phi) is 6.93. The average molecular weight is 471 g/mol. The van der Waals surface area contributed by atoms with Gasteiger partial charge in [0.25, 0.3) is 0 Å². The molecule has 4 aliphatic carbocycles. The second-order valence-electron chi connectivity index (χ2n) is 13.8. The Hall–Kier alpha value is -1.12. The van der Waals surface area contributed by atoms with E-state index in [0.717, 1.165) is 37.5 Å². The molecule has 0 aromatic rings. The molecule has 192 valence electrons. The lowest BCUT2D eigenvalue weighted by Gasteiger charge is -2.60. The zero-order chi connectivity index (χ0) is 25.1. The normalized spacial score (nSPS) is 39.8. The molecular formula is C31H50O3. The Bertz CT molecular complexity index is 851. The lowest BCUT2D eigenvalue weighted by Crippen LogP contribution is -2.54. The number of hydrogen-bond acceptors (Lipinski definition) is 3. The Labute approximate surface area is 208 Å². The maximum Gasteiger partial charge on any atom is 0.302 e. The lowest BCUT2D eigenvalue weighted by atomic mass is 9.45. The zero-order valence-corrected chi connectivity index (χ0v) is 23.3. The van der Waals surface area contributed by atoms with Gasteiger partial charge in [-0.15, -0.1) is 0 Å². The molecule has 0 aliphatic heterocycles. The van der Waals surface area contributed by atoms with Gasteiger partial charge in [0.15, 0.2) is 0 Å². The maximum absolute atomic E-state index is 12.3. The van der Waals surface area contributed by atoms with Crippen molar-refractivity contribution in [2.24, 2.45) is 45.8 Å². The van der Waals surface area contributed by atoms with Crippen LogP contribution in [0.2, 0.25) is 0 Å². The van der Waals surface area contributed by atoms with Gasteiger partial charge in [-0.3, -0.25) is 9.59 Å². The number of carbonyl (C=O) groups excluding carboxylic acids is 2. The number of Topliss-reactive ketones (excluding diaryl/α,β-unsaturated/α-hetero) is 1. The third kappa shape index (κ3) is 4.11. The number of fused-ring (bicyclic) bond motifs is 4. The molecule has 4 aliphatic rings. The van der Waals surface area contributed by atoms with Crippen molar-refractivity contribution in [1.82, 2.24) is 0 Å². The summed E-state index contributed by atoms with van der Waals surface area (Å²) in [6, 6.07) is 0. The molecule has 2 fully saturated rings. The standard InChI is InChI=1S/C31H50O3/c1-19(2)26(33)13-9-20(3)23-11-12-24-22-10-14-27-29(5,6)28(34-21(4)32)16-18-31(27,8)25(22)15-17-30(23,24)7/h19-20,23-24,27-28H,9-18H2,1-8H3/t20-,23-,24+,27-,28-,30-,31-/m1/s1. The fourth-order valence-corrected chi connectivity index (χ4v) is 9.52. The number of hydrogen-bond donors (Lipinski definition) is 0. The molecule has 34 heavy (non-hydrogen) atoms. The molecule has 0 N–H and O–H groups in total. The van der Waals surface area contributed by atoms with Gasteiger partial charge in [-0.2, -0.15) is 0 Å². The Morgan fingerprint density at radius 2 is 1.68 bits per heavy atom. The van der Waals surface area contributed by atoms with Gasteiger partial charge >= 0.3 is 5.97 Å². The van der Waals surface area contributed by atoms with Gasteiger partial charge in [-0.1, -0.05) is 59.6 Å². The predicted molar refractivity (Wildman–Crippen MR) is 138 cm³/mol. The summed E-state index contributed by atoms with van der Waals surface area (Å²) in [6.07, 6.45) is 11.7. The highest BCUT2D eigenvalue weighted by Crippen LogP contribution is 2.68. The van der Waals surface area contributed by atoms with E-state index >= 15 is 0 Å². The van der Waals surface area contributed by atoms with Crippen LogP contribution >= 0.6 is 0 Å². The van der Waals surface area contributed by atoms with E-state index in [1.54, 1.807) is 12.5 Å². The van der Waals surface area contributed by atoms with Crippen molar-refractivity contribution in [1.29, 1.82) is 0 Å². The summed E-state index contributed by atoms with van der Waals surface area (Å²) < 4.78 is 5.84. The van der Waals surface area contributed by atoms with Crippen LogP contribution in [0.1, 0.15) is 120 Å². The van der Waals surface area contributed by atoms with E-state index in [-0.39, 0.29) is 28.8 Å². The fourth-order valence-electron chi connectivity index (χ4n) is 9.52. The largest absolute Gasteiger partial charge is 0.462 e. The molecule has 0 spiro atoms. The Morgan fingerprint density at radius 3 is 2.32 bits per heavy atom. The molecule has 4 rings (SSSR count). The van der Waals surface area contributed by atoms with Gasteiger partial charge in [0.1, 0.15) is 11.9 Å². The summed E-state index contributed by atoms with van der Waals surface area (Å²) in [5.41, 5.74) is 4.29. The Morgan fingerprint density at radius 1 is 0.971 bits per heavy atom. The van der Waals surface area contributed by atoms with Gasteiger partial charge in [-0.25, -0.2) is 0 Å². The van der Waals surface area contributed by atoms with Gasteiger partial charge in [0.2, 0.25) is 0 Å². The summed E-state index contributed by atoms with van der Waals surface area (Å²) in [6.45, 7) is 17.9. The highest BCUT2D eigenvalue weighted by Gasteiger charge is 2.59. The van der Waals surface area contributed by atoms with Crippen molar-refractivity contribution >= 4 is 11.8 Å². The third-order valence-electron chi connectivity index (χ3n) is 11.4. The first kappa shape index (κ1) is 26.0. The molecular weight excluding hydrogens is 420 g/mol. The summed E-state index contributed by atoms with van der Waals surface area (Å²) in [5, 5.41) is 0. The molecule has 0 aromatic heterocycles. The van der Waals surface area contributed by atoms with Crippen LogP contribution in [0, 0.1) is 45.8 Å². The van der Waals surface area contributed by atoms with Crippen molar-refractivity contribution in [2.45, 2.75) is 126 Å². The number of rotatable bonds is 6. The van der Waals surface area contributed by atoms with Gasteiger partial charge in [0.05, 0.1) is 0 Å². The van der Waals surface area contributed by atoms with Crippen LogP contribution in [0.15, 0.2) is 11.1 Å². The second-order valence-corrected chi connectivity index (χ2v) is 13.8. The van der Waals surface area contributed by atoms with E-state index in [0.29, 0.717) is 23.0 Å². The third-order valence-corrected chi connectivity index (χ3v) is 11.4. The van der Waals surface area contributed by atoms with Crippen LogP contribution in [0.5, 0.6) is 0 Å². The van der Waals surface area contributed by atoms with Gasteiger partial charge < -0.3 is 4.74 Å². The molecule has 3 heteroatoms. The van der Waals surface area contributed by atoms with Crippen molar-refractivity contribution in [2.75, 3.05) is 0 Å². The van der Waals surface area contributed by atoms with E-state index in [1.807, 2.05) is 19.4 Å². The maximum atomic E-state index is 12.3. The second kappa shape index (κ2) is 9.07.